The van der Waals surface area contributed by atoms with Crippen LogP contribution in [0.5, 0.6) is 0 Å². The van der Waals surface area contributed by atoms with Crippen LogP contribution < -0.4 is 21.7 Å². The molecule has 1 unspecified atom stereocenters. The van der Waals surface area contributed by atoms with Gasteiger partial charge in [-0.15, -0.1) is 6.58 Å². The highest BCUT2D eigenvalue weighted by Crippen LogP contribution is 2.31. The van der Waals surface area contributed by atoms with E-state index in [1.807, 2.05) is 12.1 Å². The summed E-state index contributed by atoms with van der Waals surface area (Å²) in [5.74, 6) is 1.45. The predicted molar refractivity (Wildman–Crippen MR) is 135 cm³/mol. The monoisotopic (exact) mass is 445 g/mol. The Kier molecular flexibility index (Phi) is 7.17. The molecule has 1 aromatic heterocycles. The van der Waals surface area contributed by atoms with E-state index in [4.69, 9.17) is 16.7 Å². The summed E-state index contributed by atoms with van der Waals surface area (Å²) in [7, 11) is 0. The molecule has 5 N–H and O–H groups in total. The lowest BCUT2D eigenvalue weighted by Gasteiger charge is -2.36. The van der Waals surface area contributed by atoms with Gasteiger partial charge in [-0.05, 0) is 48.8 Å². The zero-order chi connectivity index (χ0) is 23.4. The molecule has 174 valence electrons. The summed E-state index contributed by atoms with van der Waals surface area (Å²) in [6, 6.07) is 8.56. The number of piperazine rings is 1. The van der Waals surface area contributed by atoms with Crippen LogP contribution in [0.3, 0.4) is 0 Å². The molecule has 3 heterocycles. The Hall–Kier alpha value is -3.08. The molecule has 0 amide bonds. The molecule has 2 aliphatic heterocycles. The maximum Gasteiger partial charge on any atom is 0.130 e. The molecule has 2 atom stereocenters. The minimum atomic E-state index is 0.249. The van der Waals surface area contributed by atoms with Crippen molar-refractivity contribution >= 4 is 17.2 Å². The largest absolute Gasteiger partial charge is 0.398 e. The van der Waals surface area contributed by atoms with Crippen LogP contribution in [0.25, 0.3) is 0 Å². The van der Waals surface area contributed by atoms with Crippen LogP contribution in [0.2, 0.25) is 0 Å². The number of rotatable bonds is 7. The molecular weight excluding hydrogens is 410 g/mol. The minimum absolute atomic E-state index is 0.249. The van der Waals surface area contributed by atoms with E-state index in [9.17, 15) is 0 Å². The molecule has 4 rings (SSSR count). The number of hydrogen-bond donors (Lipinski definition) is 3. The first kappa shape index (κ1) is 23.1. The third-order valence-corrected chi connectivity index (χ3v) is 7.03. The summed E-state index contributed by atoms with van der Waals surface area (Å²) in [5, 5.41) is 12.8. The highest BCUT2D eigenvalue weighted by atomic mass is 15.2. The van der Waals surface area contributed by atoms with Gasteiger partial charge in [-0.2, -0.15) is 5.26 Å². The van der Waals surface area contributed by atoms with Crippen molar-refractivity contribution < 1.29 is 0 Å². The van der Waals surface area contributed by atoms with E-state index in [-0.39, 0.29) is 6.04 Å². The van der Waals surface area contributed by atoms with Crippen molar-refractivity contribution in [3.8, 4) is 6.07 Å². The molecule has 2 saturated heterocycles. The lowest BCUT2D eigenvalue weighted by Crippen LogP contribution is -2.47. The SMILES string of the molecule is C=CCCc1c(C)ccc([C@@H]2CN(CC3CCN(c4cc(N)c(C#N)cn4)C3)CCN2)c1N. The zero-order valence-electron chi connectivity index (χ0n) is 19.6. The predicted octanol–water partition coefficient (Wildman–Crippen LogP) is 3.02. The highest BCUT2D eigenvalue weighted by molar-refractivity contribution is 5.60. The molecule has 1 aromatic carbocycles. The molecule has 0 radical (unpaired) electrons. The molecular formula is C26H35N7. The fourth-order valence-corrected chi connectivity index (χ4v) is 5.14. The number of nitrogens with one attached hydrogen (secondary N) is 1. The Balaban J connectivity index is 1.39. The van der Waals surface area contributed by atoms with Crippen LogP contribution in [0.1, 0.15) is 41.1 Å². The van der Waals surface area contributed by atoms with Gasteiger partial charge in [0.2, 0.25) is 0 Å². The maximum absolute atomic E-state index is 9.08. The Morgan fingerprint density at radius 2 is 2.15 bits per heavy atom. The van der Waals surface area contributed by atoms with Crippen LogP contribution in [-0.4, -0.2) is 49.2 Å². The normalized spacial score (nSPS) is 21.2. The first-order valence-corrected chi connectivity index (χ1v) is 11.8. The molecule has 0 aliphatic carbocycles. The van der Waals surface area contributed by atoms with Crippen molar-refractivity contribution in [3.63, 3.8) is 0 Å². The smallest absolute Gasteiger partial charge is 0.130 e. The van der Waals surface area contributed by atoms with Gasteiger partial charge < -0.3 is 21.7 Å². The standard InChI is InChI=1S/C26H35N7/c1-3-4-5-21-18(2)6-7-22(26(21)29)24-17-32(11-9-30-24)15-19-8-10-33(16-19)25-12-23(28)20(13-27)14-31-25/h3,6-7,12,14,19,24,30H,1,4-5,8-11,15-17,29H2,2H3,(H2,28,31)/t19?,24-/m0/s1. The third-order valence-electron chi connectivity index (χ3n) is 7.03. The Morgan fingerprint density at radius 1 is 1.30 bits per heavy atom. The Bertz CT molecular complexity index is 1040. The fourth-order valence-electron chi connectivity index (χ4n) is 5.14. The summed E-state index contributed by atoms with van der Waals surface area (Å²) in [6.07, 6.45) is 6.55. The molecule has 0 bridgehead atoms. The molecule has 33 heavy (non-hydrogen) atoms. The number of aromatic nitrogens is 1. The zero-order valence-corrected chi connectivity index (χ0v) is 19.6. The molecule has 2 fully saturated rings. The average Bonchev–Trinajstić information content (AvgIpc) is 3.27. The topological polar surface area (TPSA) is 107 Å². The van der Waals surface area contributed by atoms with Crippen molar-refractivity contribution in [2.24, 2.45) is 5.92 Å². The van der Waals surface area contributed by atoms with E-state index in [2.05, 4.69) is 51.8 Å². The number of aryl methyl sites for hydroxylation is 1. The van der Waals surface area contributed by atoms with E-state index < -0.39 is 0 Å². The first-order chi connectivity index (χ1) is 16.0. The first-order valence-electron chi connectivity index (χ1n) is 11.8. The second kappa shape index (κ2) is 10.2. The Labute approximate surface area is 197 Å². The number of allylic oxidation sites excluding steroid dienone is 1. The van der Waals surface area contributed by atoms with Gasteiger partial charge in [0, 0.05) is 63.3 Å². The van der Waals surface area contributed by atoms with Gasteiger partial charge in [-0.1, -0.05) is 18.2 Å². The number of nitrogens with zero attached hydrogens (tertiary/aromatic N) is 4. The number of nitrogens with two attached hydrogens (primary N) is 2. The second-order valence-corrected chi connectivity index (χ2v) is 9.30. The molecule has 2 aliphatic rings. The highest BCUT2D eigenvalue weighted by Gasteiger charge is 2.29. The molecule has 0 spiro atoms. The summed E-state index contributed by atoms with van der Waals surface area (Å²) >= 11 is 0. The lowest BCUT2D eigenvalue weighted by atomic mass is 9.93. The number of hydrogen-bond acceptors (Lipinski definition) is 7. The van der Waals surface area contributed by atoms with E-state index >= 15 is 0 Å². The minimum Gasteiger partial charge on any atom is -0.398 e. The molecule has 0 saturated carbocycles. The number of anilines is 3. The van der Waals surface area contributed by atoms with Gasteiger partial charge in [-0.25, -0.2) is 4.98 Å². The van der Waals surface area contributed by atoms with Crippen molar-refractivity contribution in [1.29, 1.82) is 5.26 Å². The fraction of sp³-hybridized carbons (Fsp3) is 0.462. The summed E-state index contributed by atoms with van der Waals surface area (Å²) in [4.78, 5) is 9.30. The van der Waals surface area contributed by atoms with E-state index in [0.29, 0.717) is 17.2 Å². The second-order valence-electron chi connectivity index (χ2n) is 9.30. The van der Waals surface area contributed by atoms with Gasteiger partial charge in [0.05, 0.1) is 11.3 Å². The van der Waals surface area contributed by atoms with Crippen molar-refractivity contribution in [2.75, 3.05) is 55.6 Å². The van der Waals surface area contributed by atoms with Crippen molar-refractivity contribution in [1.82, 2.24) is 15.2 Å². The van der Waals surface area contributed by atoms with Gasteiger partial charge in [0.25, 0.3) is 0 Å². The quantitative estimate of drug-likeness (QED) is 0.444. The maximum atomic E-state index is 9.08. The Morgan fingerprint density at radius 3 is 2.91 bits per heavy atom. The number of benzene rings is 1. The van der Waals surface area contributed by atoms with Gasteiger partial charge in [0.1, 0.15) is 11.9 Å². The number of nitrogen functional groups attached to an aromatic ring is 2. The van der Waals surface area contributed by atoms with Crippen LogP contribution in [0.15, 0.2) is 37.1 Å². The van der Waals surface area contributed by atoms with E-state index in [1.165, 1.54) is 16.7 Å². The average molecular weight is 446 g/mol. The van der Waals surface area contributed by atoms with Gasteiger partial charge in [-0.3, -0.25) is 4.90 Å². The summed E-state index contributed by atoms with van der Waals surface area (Å²) in [6.45, 7) is 12.0. The van der Waals surface area contributed by atoms with Gasteiger partial charge >= 0.3 is 0 Å². The molecule has 2 aromatic rings. The lowest BCUT2D eigenvalue weighted by molar-refractivity contribution is 0.178. The number of pyridine rings is 1. The number of nitriles is 1. The van der Waals surface area contributed by atoms with E-state index in [0.717, 1.165) is 70.0 Å². The summed E-state index contributed by atoms with van der Waals surface area (Å²) < 4.78 is 0. The van der Waals surface area contributed by atoms with E-state index in [1.54, 1.807) is 6.20 Å². The van der Waals surface area contributed by atoms with Crippen LogP contribution >= 0.6 is 0 Å². The van der Waals surface area contributed by atoms with Crippen LogP contribution in [-0.2, 0) is 6.42 Å². The third kappa shape index (κ3) is 5.13. The van der Waals surface area contributed by atoms with Crippen molar-refractivity contribution in [3.05, 3.63) is 59.3 Å². The van der Waals surface area contributed by atoms with Crippen LogP contribution in [0, 0.1) is 24.2 Å². The van der Waals surface area contributed by atoms with Gasteiger partial charge in [0.15, 0.2) is 0 Å². The van der Waals surface area contributed by atoms with Crippen molar-refractivity contribution in [2.45, 2.75) is 32.2 Å². The molecule has 7 nitrogen and oxygen atoms in total. The molecule has 7 heteroatoms. The summed E-state index contributed by atoms with van der Waals surface area (Å²) in [5.41, 5.74) is 18.2. The van der Waals surface area contributed by atoms with Crippen LogP contribution in [0.4, 0.5) is 17.2 Å².